The zero-order valence-electron chi connectivity index (χ0n) is 10.1. The molecule has 1 fully saturated rings. The highest BCUT2D eigenvalue weighted by Crippen LogP contribution is 2.29. The molecule has 1 aliphatic heterocycles. The minimum atomic E-state index is -0.398. The van der Waals surface area contributed by atoms with E-state index in [-0.39, 0.29) is 11.9 Å². The maximum absolute atomic E-state index is 12.2. The smallest absolute Gasteiger partial charge is 0.227 e. The summed E-state index contributed by atoms with van der Waals surface area (Å²) in [5.41, 5.74) is 5.37. The highest BCUT2D eigenvalue weighted by molar-refractivity contribution is 7.98. The van der Waals surface area contributed by atoms with Gasteiger partial charge in [0, 0.05) is 31.6 Å². The van der Waals surface area contributed by atoms with Gasteiger partial charge >= 0.3 is 0 Å². The van der Waals surface area contributed by atoms with Crippen molar-refractivity contribution in [3.63, 3.8) is 0 Å². The first kappa shape index (κ1) is 13.8. The van der Waals surface area contributed by atoms with Gasteiger partial charge in [-0.25, -0.2) is 0 Å². The Morgan fingerprint density at radius 2 is 2.19 bits per heavy atom. The molecule has 1 aliphatic rings. The van der Waals surface area contributed by atoms with E-state index in [2.05, 4.69) is 5.32 Å². The Morgan fingerprint density at radius 3 is 2.69 bits per heavy atom. The van der Waals surface area contributed by atoms with E-state index in [0.717, 1.165) is 18.6 Å². The first-order valence-corrected chi connectivity index (χ1v) is 7.12. The van der Waals surface area contributed by atoms with E-state index in [0.29, 0.717) is 19.8 Å². The van der Waals surface area contributed by atoms with Gasteiger partial charge in [-0.15, -0.1) is 0 Å². The zero-order chi connectivity index (χ0) is 12.0. The van der Waals surface area contributed by atoms with Crippen LogP contribution in [0.4, 0.5) is 0 Å². The van der Waals surface area contributed by atoms with Gasteiger partial charge < -0.3 is 15.8 Å². The van der Waals surface area contributed by atoms with Crippen molar-refractivity contribution in [1.29, 1.82) is 0 Å². The number of thioether (sulfide) groups is 1. The predicted octanol–water partition coefficient (Wildman–Crippen LogP) is 0.610. The molecule has 0 spiro atoms. The SMILES string of the molecule is CSCC(C)NC(=O)C1(CN)CCOCC1. The van der Waals surface area contributed by atoms with Crippen LogP contribution in [0.25, 0.3) is 0 Å². The lowest BCUT2D eigenvalue weighted by molar-refractivity contribution is -0.136. The van der Waals surface area contributed by atoms with Crippen molar-refractivity contribution in [2.75, 3.05) is 31.8 Å². The molecule has 16 heavy (non-hydrogen) atoms. The Hall–Kier alpha value is -0.260. The van der Waals surface area contributed by atoms with Gasteiger partial charge in [-0.2, -0.15) is 11.8 Å². The normalized spacial score (nSPS) is 21.4. The van der Waals surface area contributed by atoms with Crippen LogP contribution in [0, 0.1) is 5.41 Å². The summed E-state index contributed by atoms with van der Waals surface area (Å²) in [5.74, 6) is 1.03. The van der Waals surface area contributed by atoms with Crippen LogP contribution in [0.2, 0.25) is 0 Å². The molecule has 1 unspecified atom stereocenters. The van der Waals surface area contributed by atoms with E-state index in [1.54, 1.807) is 11.8 Å². The largest absolute Gasteiger partial charge is 0.381 e. The molecule has 1 heterocycles. The molecule has 0 aliphatic carbocycles. The number of carbonyl (C=O) groups is 1. The van der Waals surface area contributed by atoms with Gasteiger partial charge in [0.05, 0.1) is 5.41 Å². The van der Waals surface area contributed by atoms with Gasteiger partial charge in [0.15, 0.2) is 0 Å². The predicted molar refractivity (Wildman–Crippen MR) is 67.5 cm³/mol. The molecule has 4 nitrogen and oxygen atoms in total. The third kappa shape index (κ3) is 3.37. The quantitative estimate of drug-likeness (QED) is 0.746. The maximum atomic E-state index is 12.2. The molecule has 1 atom stereocenters. The summed E-state index contributed by atoms with van der Waals surface area (Å²) in [5, 5.41) is 3.05. The van der Waals surface area contributed by atoms with Crippen LogP contribution >= 0.6 is 11.8 Å². The fourth-order valence-corrected chi connectivity index (χ4v) is 2.54. The van der Waals surface area contributed by atoms with Crippen molar-refractivity contribution in [3.8, 4) is 0 Å². The molecule has 1 rings (SSSR count). The van der Waals surface area contributed by atoms with Crippen LogP contribution in [0.5, 0.6) is 0 Å². The van der Waals surface area contributed by atoms with Crippen molar-refractivity contribution < 1.29 is 9.53 Å². The molecule has 0 saturated carbocycles. The summed E-state index contributed by atoms with van der Waals surface area (Å²) in [7, 11) is 0. The molecule has 1 saturated heterocycles. The Kier molecular flexibility index (Phi) is 5.58. The highest BCUT2D eigenvalue weighted by atomic mass is 32.2. The Morgan fingerprint density at radius 1 is 1.56 bits per heavy atom. The van der Waals surface area contributed by atoms with E-state index in [4.69, 9.17) is 10.5 Å². The van der Waals surface area contributed by atoms with E-state index < -0.39 is 5.41 Å². The van der Waals surface area contributed by atoms with Crippen LogP contribution in [0.15, 0.2) is 0 Å². The molecular formula is C11H22N2O2S. The van der Waals surface area contributed by atoms with Crippen LogP contribution < -0.4 is 11.1 Å². The standard InChI is InChI=1S/C11H22N2O2S/c1-9(7-16-2)13-10(14)11(8-12)3-5-15-6-4-11/h9H,3-8,12H2,1-2H3,(H,13,14). The molecule has 1 amide bonds. The molecule has 0 aromatic heterocycles. The molecule has 3 N–H and O–H groups in total. The van der Waals surface area contributed by atoms with Crippen molar-refractivity contribution in [1.82, 2.24) is 5.32 Å². The van der Waals surface area contributed by atoms with E-state index >= 15 is 0 Å². The lowest BCUT2D eigenvalue weighted by Gasteiger charge is -2.35. The van der Waals surface area contributed by atoms with Gasteiger partial charge in [-0.3, -0.25) is 4.79 Å². The number of nitrogens with two attached hydrogens (primary N) is 1. The number of rotatable bonds is 5. The minimum Gasteiger partial charge on any atom is -0.381 e. The van der Waals surface area contributed by atoms with Crippen LogP contribution in [0.3, 0.4) is 0 Å². The lowest BCUT2D eigenvalue weighted by atomic mass is 9.79. The number of hydrogen-bond acceptors (Lipinski definition) is 4. The number of nitrogens with one attached hydrogen (secondary N) is 1. The first-order valence-electron chi connectivity index (χ1n) is 5.72. The van der Waals surface area contributed by atoms with Crippen molar-refractivity contribution in [2.45, 2.75) is 25.8 Å². The van der Waals surface area contributed by atoms with E-state index in [1.165, 1.54) is 0 Å². The molecular weight excluding hydrogens is 224 g/mol. The number of carbonyl (C=O) groups excluding carboxylic acids is 1. The summed E-state index contributed by atoms with van der Waals surface area (Å²) in [6.45, 7) is 3.72. The van der Waals surface area contributed by atoms with Crippen molar-refractivity contribution in [3.05, 3.63) is 0 Å². The Bertz CT molecular complexity index is 230. The highest BCUT2D eigenvalue weighted by Gasteiger charge is 2.39. The molecule has 0 aromatic rings. The fourth-order valence-electron chi connectivity index (χ4n) is 1.95. The van der Waals surface area contributed by atoms with Gasteiger partial charge in [0.25, 0.3) is 0 Å². The summed E-state index contributed by atoms with van der Waals surface area (Å²) < 4.78 is 5.29. The monoisotopic (exact) mass is 246 g/mol. The lowest BCUT2D eigenvalue weighted by Crippen LogP contribution is -2.51. The topological polar surface area (TPSA) is 64.4 Å². The number of amides is 1. The van der Waals surface area contributed by atoms with Crippen molar-refractivity contribution >= 4 is 17.7 Å². The molecule has 5 heteroatoms. The molecule has 0 bridgehead atoms. The van der Waals surface area contributed by atoms with Gasteiger partial charge in [0.2, 0.25) is 5.91 Å². The fraction of sp³-hybridized carbons (Fsp3) is 0.909. The first-order chi connectivity index (χ1) is 7.64. The second-order valence-corrected chi connectivity index (χ2v) is 5.34. The average Bonchev–Trinajstić information content (AvgIpc) is 2.30. The van der Waals surface area contributed by atoms with Crippen LogP contribution in [0.1, 0.15) is 19.8 Å². The van der Waals surface area contributed by atoms with Crippen LogP contribution in [-0.2, 0) is 9.53 Å². The number of hydrogen-bond donors (Lipinski definition) is 2. The minimum absolute atomic E-state index is 0.0971. The van der Waals surface area contributed by atoms with E-state index in [9.17, 15) is 4.79 Å². The molecule has 94 valence electrons. The Labute approximate surface area is 102 Å². The van der Waals surface area contributed by atoms with Gasteiger partial charge in [-0.1, -0.05) is 0 Å². The van der Waals surface area contributed by atoms with Gasteiger partial charge in [-0.05, 0) is 26.0 Å². The maximum Gasteiger partial charge on any atom is 0.227 e. The average molecular weight is 246 g/mol. The zero-order valence-corrected chi connectivity index (χ0v) is 10.9. The summed E-state index contributed by atoms with van der Waals surface area (Å²) in [4.78, 5) is 12.2. The van der Waals surface area contributed by atoms with Gasteiger partial charge in [0.1, 0.15) is 0 Å². The summed E-state index contributed by atoms with van der Waals surface area (Å²) in [6.07, 6.45) is 3.51. The van der Waals surface area contributed by atoms with E-state index in [1.807, 2.05) is 13.2 Å². The van der Waals surface area contributed by atoms with Crippen LogP contribution in [-0.4, -0.2) is 43.7 Å². The Balaban J connectivity index is 2.54. The third-order valence-corrected chi connectivity index (χ3v) is 3.95. The molecule has 0 radical (unpaired) electrons. The van der Waals surface area contributed by atoms with Crippen molar-refractivity contribution in [2.24, 2.45) is 11.1 Å². The molecule has 0 aromatic carbocycles. The summed E-state index contributed by atoms with van der Waals surface area (Å²) >= 11 is 1.73. The summed E-state index contributed by atoms with van der Waals surface area (Å²) in [6, 6.07) is 0.203. The number of ether oxygens (including phenoxy) is 1. The third-order valence-electron chi connectivity index (χ3n) is 3.12. The second-order valence-electron chi connectivity index (χ2n) is 4.43. The second kappa shape index (κ2) is 6.47.